The van der Waals surface area contributed by atoms with Crippen LogP contribution in [0.15, 0.2) is 4.52 Å². The standard InChI is InChI=1S/C15H27N3O/c16-12-8-4-3-7-11-14-17-15(18-19-14)13-9-5-1-2-6-10-13/h13H,1-12,16H2. The van der Waals surface area contributed by atoms with Crippen LogP contribution in [0.3, 0.4) is 0 Å². The minimum absolute atomic E-state index is 0.539. The van der Waals surface area contributed by atoms with Gasteiger partial charge in [0.05, 0.1) is 0 Å². The Labute approximate surface area is 116 Å². The van der Waals surface area contributed by atoms with Crippen LogP contribution in [0.1, 0.15) is 81.8 Å². The van der Waals surface area contributed by atoms with E-state index in [0.29, 0.717) is 5.92 Å². The van der Waals surface area contributed by atoms with Gasteiger partial charge in [0.15, 0.2) is 5.82 Å². The van der Waals surface area contributed by atoms with Crippen LogP contribution in [-0.2, 0) is 6.42 Å². The van der Waals surface area contributed by atoms with E-state index in [9.17, 15) is 0 Å². The first kappa shape index (κ1) is 14.5. The second-order valence-electron chi connectivity index (χ2n) is 5.69. The van der Waals surface area contributed by atoms with Crippen molar-refractivity contribution in [2.45, 2.75) is 76.5 Å². The van der Waals surface area contributed by atoms with Gasteiger partial charge in [-0.05, 0) is 32.2 Å². The van der Waals surface area contributed by atoms with Crippen LogP contribution in [0.5, 0.6) is 0 Å². The molecule has 4 nitrogen and oxygen atoms in total. The summed E-state index contributed by atoms with van der Waals surface area (Å²) in [6.07, 6.45) is 13.4. The maximum Gasteiger partial charge on any atom is 0.226 e. The molecule has 1 aromatic heterocycles. The van der Waals surface area contributed by atoms with E-state index in [1.54, 1.807) is 0 Å². The van der Waals surface area contributed by atoms with Gasteiger partial charge in [-0.3, -0.25) is 0 Å². The highest BCUT2D eigenvalue weighted by Crippen LogP contribution is 2.29. The van der Waals surface area contributed by atoms with Crippen molar-refractivity contribution in [1.29, 1.82) is 0 Å². The van der Waals surface area contributed by atoms with Crippen molar-refractivity contribution in [1.82, 2.24) is 10.1 Å². The number of rotatable bonds is 7. The Morgan fingerprint density at radius 2 is 1.74 bits per heavy atom. The lowest BCUT2D eigenvalue weighted by molar-refractivity contribution is 0.363. The zero-order valence-corrected chi connectivity index (χ0v) is 11.9. The molecule has 0 atom stereocenters. The normalized spacial score (nSPS) is 17.5. The first-order valence-electron chi connectivity index (χ1n) is 7.92. The first-order chi connectivity index (χ1) is 9.40. The molecule has 0 unspecified atom stereocenters. The number of aromatic nitrogens is 2. The van der Waals surface area contributed by atoms with Crippen molar-refractivity contribution in [3.63, 3.8) is 0 Å². The van der Waals surface area contributed by atoms with E-state index in [1.165, 1.54) is 51.4 Å². The third-order valence-corrected chi connectivity index (χ3v) is 4.05. The quantitative estimate of drug-likeness (QED) is 0.604. The largest absolute Gasteiger partial charge is 0.339 e. The van der Waals surface area contributed by atoms with Crippen LogP contribution in [0, 0.1) is 0 Å². The Bertz CT molecular complexity index is 343. The Morgan fingerprint density at radius 1 is 1.00 bits per heavy atom. The molecule has 2 N–H and O–H groups in total. The Morgan fingerprint density at radius 3 is 2.47 bits per heavy atom. The molecule has 1 heterocycles. The molecule has 2 rings (SSSR count). The van der Waals surface area contributed by atoms with Gasteiger partial charge in [0.25, 0.3) is 0 Å². The van der Waals surface area contributed by atoms with Crippen molar-refractivity contribution in [3.8, 4) is 0 Å². The highest BCUT2D eigenvalue weighted by atomic mass is 16.5. The summed E-state index contributed by atoms with van der Waals surface area (Å²) in [6.45, 7) is 0.798. The molecule has 0 aromatic carbocycles. The lowest BCUT2D eigenvalue weighted by atomic mass is 10.00. The number of aryl methyl sites for hydroxylation is 1. The molecule has 1 aliphatic rings. The number of nitrogens with zero attached hydrogens (tertiary/aromatic N) is 2. The van der Waals surface area contributed by atoms with Gasteiger partial charge in [0, 0.05) is 12.3 Å². The van der Waals surface area contributed by atoms with E-state index >= 15 is 0 Å². The predicted molar refractivity (Wildman–Crippen MR) is 76.0 cm³/mol. The van der Waals surface area contributed by atoms with Gasteiger partial charge in [-0.1, -0.05) is 43.7 Å². The molecule has 19 heavy (non-hydrogen) atoms. The van der Waals surface area contributed by atoms with Crippen molar-refractivity contribution >= 4 is 0 Å². The Hall–Kier alpha value is -0.900. The number of hydrogen-bond acceptors (Lipinski definition) is 4. The van der Waals surface area contributed by atoms with Crippen molar-refractivity contribution in [2.75, 3.05) is 6.54 Å². The van der Waals surface area contributed by atoms with E-state index < -0.39 is 0 Å². The molecular formula is C15H27N3O. The monoisotopic (exact) mass is 265 g/mol. The summed E-state index contributed by atoms with van der Waals surface area (Å²) in [5, 5.41) is 4.19. The average molecular weight is 265 g/mol. The lowest BCUT2D eigenvalue weighted by Gasteiger charge is -2.07. The summed E-state index contributed by atoms with van der Waals surface area (Å²) in [5.74, 6) is 2.32. The molecule has 0 saturated heterocycles. The average Bonchev–Trinajstić information content (AvgIpc) is 2.72. The molecule has 0 spiro atoms. The van der Waals surface area contributed by atoms with Crippen LogP contribution in [0.4, 0.5) is 0 Å². The van der Waals surface area contributed by atoms with Gasteiger partial charge in [0.1, 0.15) is 0 Å². The summed E-state index contributed by atoms with van der Waals surface area (Å²) in [7, 11) is 0. The van der Waals surface area contributed by atoms with Crippen molar-refractivity contribution < 1.29 is 4.52 Å². The van der Waals surface area contributed by atoms with Gasteiger partial charge in [-0.25, -0.2) is 0 Å². The van der Waals surface area contributed by atoms with E-state index in [2.05, 4.69) is 10.1 Å². The molecular weight excluding hydrogens is 238 g/mol. The van der Waals surface area contributed by atoms with Gasteiger partial charge in [-0.15, -0.1) is 0 Å². The van der Waals surface area contributed by atoms with Gasteiger partial charge >= 0.3 is 0 Å². The van der Waals surface area contributed by atoms with Crippen molar-refractivity contribution in [2.24, 2.45) is 5.73 Å². The summed E-state index contributed by atoms with van der Waals surface area (Å²) in [5.41, 5.74) is 5.48. The van der Waals surface area contributed by atoms with Crippen LogP contribution in [0.2, 0.25) is 0 Å². The number of hydrogen-bond donors (Lipinski definition) is 1. The molecule has 0 bridgehead atoms. The molecule has 1 saturated carbocycles. The fourth-order valence-electron chi connectivity index (χ4n) is 2.85. The van der Waals surface area contributed by atoms with Gasteiger partial charge < -0.3 is 10.3 Å². The van der Waals surface area contributed by atoms with E-state index in [0.717, 1.165) is 37.5 Å². The van der Waals surface area contributed by atoms with Crippen LogP contribution in [-0.4, -0.2) is 16.7 Å². The minimum atomic E-state index is 0.539. The predicted octanol–water partition coefficient (Wildman–Crippen LogP) is 3.57. The third-order valence-electron chi connectivity index (χ3n) is 4.05. The second kappa shape index (κ2) is 8.31. The topological polar surface area (TPSA) is 64.9 Å². The number of nitrogens with two attached hydrogens (primary N) is 1. The van der Waals surface area contributed by atoms with Crippen LogP contribution in [0.25, 0.3) is 0 Å². The first-order valence-corrected chi connectivity index (χ1v) is 7.92. The molecule has 1 fully saturated rings. The fourth-order valence-corrected chi connectivity index (χ4v) is 2.85. The third kappa shape index (κ3) is 4.94. The summed E-state index contributed by atoms with van der Waals surface area (Å²) in [6, 6.07) is 0. The molecule has 0 amide bonds. The van der Waals surface area contributed by atoms with Gasteiger partial charge in [-0.2, -0.15) is 4.98 Å². The zero-order chi connectivity index (χ0) is 13.3. The molecule has 108 valence electrons. The van der Waals surface area contributed by atoms with Crippen LogP contribution < -0.4 is 5.73 Å². The lowest BCUT2D eigenvalue weighted by Crippen LogP contribution is -2.00. The fraction of sp³-hybridized carbons (Fsp3) is 0.867. The number of unbranched alkanes of at least 4 members (excludes halogenated alkanes) is 3. The summed E-state index contributed by atoms with van der Waals surface area (Å²) < 4.78 is 5.38. The highest BCUT2D eigenvalue weighted by molar-refractivity contribution is 4.96. The zero-order valence-electron chi connectivity index (χ0n) is 11.9. The highest BCUT2D eigenvalue weighted by Gasteiger charge is 2.19. The molecule has 1 aliphatic carbocycles. The Kier molecular flexibility index (Phi) is 6.34. The van der Waals surface area contributed by atoms with Crippen molar-refractivity contribution in [3.05, 3.63) is 11.7 Å². The maximum atomic E-state index is 5.48. The molecule has 4 heteroatoms. The van der Waals surface area contributed by atoms with Gasteiger partial charge in [0.2, 0.25) is 5.89 Å². The summed E-state index contributed by atoms with van der Waals surface area (Å²) >= 11 is 0. The second-order valence-corrected chi connectivity index (χ2v) is 5.69. The van der Waals surface area contributed by atoms with E-state index in [4.69, 9.17) is 10.3 Å². The van der Waals surface area contributed by atoms with E-state index in [1.807, 2.05) is 0 Å². The molecule has 1 aromatic rings. The molecule has 0 aliphatic heterocycles. The maximum absolute atomic E-state index is 5.48. The summed E-state index contributed by atoms with van der Waals surface area (Å²) in [4.78, 5) is 4.59. The van der Waals surface area contributed by atoms with Crippen LogP contribution >= 0.6 is 0 Å². The Balaban J connectivity index is 1.74. The smallest absolute Gasteiger partial charge is 0.226 e. The minimum Gasteiger partial charge on any atom is -0.339 e. The van der Waals surface area contributed by atoms with E-state index in [-0.39, 0.29) is 0 Å². The SMILES string of the molecule is NCCCCCCc1nc(C2CCCCCC2)no1. The molecule has 0 radical (unpaired) electrons.